The summed E-state index contributed by atoms with van der Waals surface area (Å²) in [5.74, 6) is -0.0351. The Bertz CT molecular complexity index is 296. The molecule has 0 amide bonds. The Morgan fingerprint density at radius 1 is 0.640 bits per heavy atom. The van der Waals surface area contributed by atoms with Crippen LogP contribution in [0.2, 0.25) is 0 Å². The van der Waals surface area contributed by atoms with Crippen molar-refractivity contribution < 1.29 is 9.53 Å². The molecular weight excluding hydrogens is 308 g/mol. The van der Waals surface area contributed by atoms with Gasteiger partial charge in [-0.25, -0.2) is 0 Å². The largest absolute Gasteiger partial charge is 0.466 e. The molecule has 0 aromatic carbocycles. The summed E-state index contributed by atoms with van der Waals surface area (Å²) in [6, 6.07) is 0. The molecule has 0 aliphatic rings. The number of ether oxygens (including phenoxy) is 1. The Balaban J connectivity index is 3.11. The van der Waals surface area contributed by atoms with Crippen molar-refractivity contribution in [3.8, 4) is 0 Å². The molecule has 0 aliphatic carbocycles. The molecular formula is C23H44O2. The maximum absolute atomic E-state index is 11.2. The van der Waals surface area contributed by atoms with Gasteiger partial charge in [-0.2, -0.15) is 0 Å². The van der Waals surface area contributed by atoms with Crippen LogP contribution in [0.4, 0.5) is 0 Å². The van der Waals surface area contributed by atoms with E-state index in [-0.39, 0.29) is 5.97 Å². The van der Waals surface area contributed by atoms with Gasteiger partial charge in [0.25, 0.3) is 0 Å². The number of unbranched alkanes of at least 4 members (excludes halogenated alkanes) is 14. The lowest BCUT2D eigenvalue weighted by atomic mass is 10.1. The van der Waals surface area contributed by atoms with E-state index in [1.807, 2.05) is 6.92 Å². The predicted molar refractivity (Wildman–Crippen MR) is 110 cm³/mol. The van der Waals surface area contributed by atoms with Crippen molar-refractivity contribution in [2.24, 2.45) is 0 Å². The molecule has 2 nitrogen and oxygen atoms in total. The predicted octanol–water partition coefficient (Wildman–Crippen LogP) is 7.76. The first-order valence-electron chi connectivity index (χ1n) is 11.1. The molecule has 0 fully saturated rings. The van der Waals surface area contributed by atoms with Crippen molar-refractivity contribution >= 4 is 5.97 Å². The number of esters is 1. The number of hydrogen-bond donors (Lipinski definition) is 0. The number of carbonyl (C=O) groups is 1. The number of allylic oxidation sites excluding steroid dienone is 2. The van der Waals surface area contributed by atoms with Crippen LogP contribution < -0.4 is 0 Å². The van der Waals surface area contributed by atoms with E-state index < -0.39 is 0 Å². The van der Waals surface area contributed by atoms with Gasteiger partial charge in [0.2, 0.25) is 0 Å². The normalized spacial score (nSPS) is 11.3. The highest BCUT2D eigenvalue weighted by Gasteiger charge is 2.00. The van der Waals surface area contributed by atoms with E-state index in [0.717, 1.165) is 6.42 Å². The van der Waals surface area contributed by atoms with Crippen LogP contribution in [0, 0.1) is 0 Å². The van der Waals surface area contributed by atoms with Crippen molar-refractivity contribution in [2.45, 2.75) is 123 Å². The molecule has 0 rings (SSSR count). The Labute approximate surface area is 157 Å². The maximum Gasteiger partial charge on any atom is 0.305 e. The lowest BCUT2D eigenvalue weighted by molar-refractivity contribution is -0.143. The highest BCUT2D eigenvalue weighted by atomic mass is 16.5. The number of hydrogen-bond acceptors (Lipinski definition) is 2. The summed E-state index contributed by atoms with van der Waals surface area (Å²) in [6.45, 7) is 4.65. The maximum atomic E-state index is 11.2. The zero-order valence-electron chi connectivity index (χ0n) is 17.2. The first-order valence-corrected chi connectivity index (χ1v) is 11.1. The van der Waals surface area contributed by atoms with E-state index in [9.17, 15) is 4.79 Å². The van der Waals surface area contributed by atoms with Crippen molar-refractivity contribution in [1.29, 1.82) is 0 Å². The number of carbonyl (C=O) groups excluding carboxylic acids is 1. The smallest absolute Gasteiger partial charge is 0.305 e. The molecule has 0 heterocycles. The lowest BCUT2D eigenvalue weighted by Gasteiger charge is -2.02. The fourth-order valence-electron chi connectivity index (χ4n) is 3.10. The van der Waals surface area contributed by atoms with E-state index in [1.54, 1.807) is 0 Å². The molecule has 0 unspecified atom stereocenters. The summed E-state index contributed by atoms with van der Waals surface area (Å²) >= 11 is 0. The van der Waals surface area contributed by atoms with Crippen LogP contribution in [0.15, 0.2) is 12.2 Å². The minimum absolute atomic E-state index is 0.0351. The molecule has 0 N–H and O–H groups in total. The standard InChI is InChI=1S/C23H44O2/c1-3-5-6-7-8-9-10-11-12-13-14-15-16-17-18-19-20-21-22-23(24)25-4-2/h11-12H,3-10,13-22H2,1-2H3/b12-11-. The third kappa shape index (κ3) is 21.2. The van der Waals surface area contributed by atoms with Gasteiger partial charge >= 0.3 is 5.97 Å². The summed E-state index contributed by atoms with van der Waals surface area (Å²) in [7, 11) is 0. The molecule has 0 aliphatic heterocycles. The topological polar surface area (TPSA) is 26.3 Å². The fraction of sp³-hybridized carbons (Fsp3) is 0.870. The Morgan fingerprint density at radius 3 is 1.56 bits per heavy atom. The van der Waals surface area contributed by atoms with Gasteiger partial charge in [-0.15, -0.1) is 0 Å². The summed E-state index contributed by atoms with van der Waals surface area (Å²) < 4.78 is 4.93. The lowest BCUT2D eigenvalue weighted by Crippen LogP contribution is -2.03. The SMILES string of the molecule is CCCCCCCC/C=C\CCCCCCCCCCC(=O)OCC. The first kappa shape index (κ1) is 24.2. The van der Waals surface area contributed by atoms with Crippen LogP contribution in [0.25, 0.3) is 0 Å². The monoisotopic (exact) mass is 352 g/mol. The van der Waals surface area contributed by atoms with Crippen LogP contribution in [0.3, 0.4) is 0 Å². The molecule has 0 saturated heterocycles. The highest BCUT2D eigenvalue weighted by Crippen LogP contribution is 2.12. The second-order valence-corrected chi connectivity index (χ2v) is 7.20. The van der Waals surface area contributed by atoms with E-state index >= 15 is 0 Å². The zero-order valence-corrected chi connectivity index (χ0v) is 17.2. The van der Waals surface area contributed by atoms with Gasteiger partial charge < -0.3 is 4.74 Å². The van der Waals surface area contributed by atoms with Crippen molar-refractivity contribution in [3.05, 3.63) is 12.2 Å². The average molecular weight is 353 g/mol. The van der Waals surface area contributed by atoms with Crippen LogP contribution in [0.5, 0.6) is 0 Å². The first-order chi connectivity index (χ1) is 12.3. The van der Waals surface area contributed by atoms with E-state index in [0.29, 0.717) is 13.0 Å². The third-order valence-electron chi connectivity index (χ3n) is 4.70. The quantitative estimate of drug-likeness (QED) is 0.135. The van der Waals surface area contributed by atoms with Crippen molar-refractivity contribution in [2.75, 3.05) is 6.61 Å². The second kappa shape index (κ2) is 21.3. The molecule has 0 bridgehead atoms. The molecule has 25 heavy (non-hydrogen) atoms. The molecule has 0 aromatic heterocycles. The summed E-state index contributed by atoms with van der Waals surface area (Å²) in [6.07, 6.45) is 26.4. The van der Waals surface area contributed by atoms with E-state index in [1.165, 1.54) is 96.3 Å². The highest BCUT2D eigenvalue weighted by molar-refractivity contribution is 5.69. The van der Waals surface area contributed by atoms with Gasteiger partial charge in [-0.05, 0) is 39.0 Å². The molecule has 0 spiro atoms. The Kier molecular flexibility index (Phi) is 20.6. The van der Waals surface area contributed by atoms with Crippen LogP contribution in [-0.4, -0.2) is 12.6 Å². The van der Waals surface area contributed by atoms with Crippen LogP contribution in [-0.2, 0) is 9.53 Å². The Morgan fingerprint density at radius 2 is 1.08 bits per heavy atom. The summed E-state index contributed by atoms with van der Waals surface area (Å²) in [5, 5.41) is 0. The summed E-state index contributed by atoms with van der Waals surface area (Å²) in [4.78, 5) is 11.2. The fourth-order valence-corrected chi connectivity index (χ4v) is 3.10. The van der Waals surface area contributed by atoms with Crippen molar-refractivity contribution in [1.82, 2.24) is 0 Å². The van der Waals surface area contributed by atoms with Gasteiger partial charge in [0.05, 0.1) is 6.61 Å². The van der Waals surface area contributed by atoms with E-state index in [2.05, 4.69) is 19.1 Å². The second-order valence-electron chi connectivity index (χ2n) is 7.20. The molecule has 148 valence electrons. The van der Waals surface area contributed by atoms with Gasteiger partial charge in [0.1, 0.15) is 0 Å². The zero-order chi connectivity index (χ0) is 18.4. The Hall–Kier alpha value is -0.790. The number of rotatable bonds is 19. The molecule has 0 aromatic rings. The molecule has 2 heteroatoms. The average Bonchev–Trinajstić information content (AvgIpc) is 2.61. The van der Waals surface area contributed by atoms with Crippen LogP contribution >= 0.6 is 0 Å². The van der Waals surface area contributed by atoms with Gasteiger partial charge in [-0.3, -0.25) is 4.79 Å². The van der Waals surface area contributed by atoms with Crippen LogP contribution in [0.1, 0.15) is 123 Å². The van der Waals surface area contributed by atoms with Crippen molar-refractivity contribution in [3.63, 3.8) is 0 Å². The van der Waals surface area contributed by atoms with Gasteiger partial charge in [0.15, 0.2) is 0 Å². The van der Waals surface area contributed by atoms with E-state index in [4.69, 9.17) is 4.74 Å². The summed E-state index contributed by atoms with van der Waals surface area (Å²) in [5.41, 5.74) is 0. The molecule has 0 radical (unpaired) electrons. The molecule has 0 atom stereocenters. The van der Waals surface area contributed by atoms with Gasteiger partial charge in [0, 0.05) is 6.42 Å². The molecule has 0 saturated carbocycles. The third-order valence-corrected chi connectivity index (χ3v) is 4.70. The minimum Gasteiger partial charge on any atom is -0.466 e. The van der Waals surface area contributed by atoms with Gasteiger partial charge in [-0.1, -0.05) is 89.7 Å². The minimum atomic E-state index is -0.0351.